The van der Waals surface area contributed by atoms with Crippen LogP contribution in [0.25, 0.3) is 0 Å². The van der Waals surface area contributed by atoms with E-state index in [0.717, 1.165) is 11.9 Å². The molecule has 1 aromatic carbocycles. The summed E-state index contributed by atoms with van der Waals surface area (Å²) in [6, 6.07) is 6.20. The van der Waals surface area contributed by atoms with Gasteiger partial charge in [-0.3, -0.25) is 18.7 Å². The van der Waals surface area contributed by atoms with E-state index in [-0.39, 0.29) is 5.75 Å². The van der Waals surface area contributed by atoms with Crippen molar-refractivity contribution < 1.29 is 38.6 Å². The first-order valence-corrected chi connectivity index (χ1v) is 12.6. The Hall–Kier alpha value is -2.55. The zero-order chi connectivity index (χ0) is 25.5. The molecule has 2 rings (SSSR count). The number of esters is 1. The van der Waals surface area contributed by atoms with Crippen LogP contribution < -0.4 is 10.6 Å². The summed E-state index contributed by atoms with van der Waals surface area (Å²) in [5.41, 5.74) is -0.252. The molecule has 0 aromatic heterocycles. The summed E-state index contributed by atoms with van der Waals surface area (Å²) >= 11 is 2.94. The molecule has 13 heteroatoms. The summed E-state index contributed by atoms with van der Waals surface area (Å²) in [4.78, 5) is 60.2. The number of nitrogens with zero attached hydrogens (tertiary/aromatic N) is 1. The number of alkyl carbamates (subject to hydrolysis) is 1. The molecule has 0 spiro atoms. The normalized spacial score (nSPS) is 18.4. The van der Waals surface area contributed by atoms with Crippen LogP contribution in [0.1, 0.15) is 32.4 Å². The fraction of sp³-hybridized carbons (Fsp3) is 0.476. The van der Waals surface area contributed by atoms with Crippen LogP contribution in [0.2, 0.25) is 0 Å². The van der Waals surface area contributed by atoms with Crippen molar-refractivity contribution in [3.05, 3.63) is 35.9 Å². The smallest absolute Gasteiger partial charge is 0.408 e. The van der Waals surface area contributed by atoms with Gasteiger partial charge < -0.3 is 25.2 Å². The number of carboxylic acid groups (broad SMARTS) is 1. The number of halogens is 1. The fourth-order valence-corrected chi connectivity index (χ4v) is 5.03. The van der Waals surface area contributed by atoms with Crippen LogP contribution in [0.5, 0.6) is 0 Å². The van der Waals surface area contributed by atoms with Crippen LogP contribution >= 0.6 is 34.5 Å². The number of carboxylic acids is 1. The average molecular weight is 607 g/mol. The van der Waals surface area contributed by atoms with Gasteiger partial charge in [-0.05, 0) is 38.3 Å². The number of benzene rings is 1. The molecule has 11 nitrogen and oxygen atoms in total. The first-order chi connectivity index (χ1) is 15.9. The second kappa shape index (κ2) is 12.2. The van der Waals surface area contributed by atoms with E-state index in [1.54, 1.807) is 51.1 Å². The van der Waals surface area contributed by atoms with Crippen molar-refractivity contribution in [2.75, 3.05) is 16.8 Å². The molecule has 34 heavy (non-hydrogen) atoms. The predicted molar refractivity (Wildman–Crippen MR) is 131 cm³/mol. The second-order valence-electron chi connectivity index (χ2n) is 8.19. The van der Waals surface area contributed by atoms with Crippen molar-refractivity contribution >= 4 is 64.4 Å². The van der Waals surface area contributed by atoms with Crippen LogP contribution in [0.15, 0.2) is 30.3 Å². The van der Waals surface area contributed by atoms with Gasteiger partial charge in [0.1, 0.15) is 23.4 Å². The molecule has 1 aliphatic heterocycles. The van der Waals surface area contributed by atoms with E-state index in [2.05, 4.69) is 38.0 Å². The molecule has 186 valence electrons. The standard InChI is InChI=1S/C21H26IN3O8S/c1-21(2,3)33-20(31)24-16(12-7-5-4-6-8-12)18(29)23-17-13(9-22)25(19(17)30)34-11-15(28)32-10-14(26)27/h4-8,13,16-17H,9-11H2,1-3H3,(H,23,29)(H,24,31)(H,26,27)/t13-,16?,17+/m1/s1. The number of nitrogens with one attached hydrogen (secondary N) is 2. The molecule has 1 aromatic rings. The maximum atomic E-state index is 13.1. The van der Waals surface area contributed by atoms with Gasteiger partial charge in [0.25, 0.3) is 5.91 Å². The summed E-state index contributed by atoms with van der Waals surface area (Å²) < 4.78 is 11.6. The van der Waals surface area contributed by atoms with Crippen molar-refractivity contribution in [3.8, 4) is 0 Å². The summed E-state index contributed by atoms with van der Waals surface area (Å²) in [6.07, 6.45) is -0.779. The minimum absolute atomic E-state index is 0.250. The largest absolute Gasteiger partial charge is 0.479 e. The molecule has 0 radical (unpaired) electrons. The molecule has 0 saturated carbocycles. The third kappa shape index (κ3) is 8.04. The van der Waals surface area contributed by atoms with Crippen molar-refractivity contribution in [3.63, 3.8) is 0 Å². The van der Waals surface area contributed by atoms with E-state index in [9.17, 15) is 24.0 Å². The topological polar surface area (TPSA) is 151 Å². The number of aliphatic carboxylic acids is 1. The number of alkyl halides is 1. The van der Waals surface area contributed by atoms with E-state index < -0.39 is 60.2 Å². The molecular formula is C21H26IN3O8S. The molecule has 3 N–H and O–H groups in total. The molecule has 0 bridgehead atoms. The SMILES string of the molecule is CC(C)(C)OC(=O)NC(C(=O)N[C@@H]1C(=O)N(SCC(=O)OCC(=O)O)[C@@H]1CI)c1ccccc1. The van der Waals surface area contributed by atoms with Crippen molar-refractivity contribution in [1.29, 1.82) is 0 Å². The van der Waals surface area contributed by atoms with E-state index >= 15 is 0 Å². The maximum Gasteiger partial charge on any atom is 0.408 e. The number of carbonyl (C=O) groups excluding carboxylic acids is 4. The molecule has 3 atom stereocenters. The highest BCUT2D eigenvalue weighted by Crippen LogP contribution is 2.30. The number of hydrogen-bond acceptors (Lipinski definition) is 8. The van der Waals surface area contributed by atoms with Crippen LogP contribution in [-0.2, 0) is 28.7 Å². The maximum absolute atomic E-state index is 13.1. The Kier molecular flexibility index (Phi) is 9.97. The van der Waals surface area contributed by atoms with E-state index in [4.69, 9.17) is 9.84 Å². The highest BCUT2D eigenvalue weighted by atomic mass is 127. The quantitative estimate of drug-likeness (QED) is 0.119. The van der Waals surface area contributed by atoms with Gasteiger partial charge >= 0.3 is 18.0 Å². The summed E-state index contributed by atoms with van der Waals surface area (Å²) in [5, 5.41) is 13.8. The third-order valence-electron chi connectivity index (χ3n) is 4.36. The summed E-state index contributed by atoms with van der Waals surface area (Å²) in [5.74, 6) is -3.31. The van der Waals surface area contributed by atoms with Crippen LogP contribution in [0, 0.1) is 0 Å². The van der Waals surface area contributed by atoms with Crippen molar-refractivity contribution in [2.45, 2.75) is 44.5 Å². The monoisotopic (exact) mass is 607 g/mol. The lowest BCUT2D eigenvalue weighted by molar-refractivity contribution is -0.153. The lowest BCUT2D eigenvalue weighted by Gasteiger charge is -2.45. The first kappa shape index (κ1) is 27.7. The summed E-state index contributed by atoms with van der Waals surface area (Å²) in [7, 11) is 0. The molecule has 1 unspecified atom stereocenters. The highest BCUT2D eigenvalue weighted by molar-refractivity contribution is 14.1. The molecule has 3 amide bonds. The third-order valence-corrected chi connectivity index (χ3v) is 6.36. The van der Waals surface area contributed by atoms with Gasteiger partial charge in [0.2, 0.25) is 5.91 Å². The summed E-state index contributed by atoms with van der Waals surface area (Å²) in [6.45, 7) is 4.34. The number of carbonyl (C=O) groups is 5. The Labute approximate surface area is 214 Å². The molecular weight excluding hydrogens is 581 g/mol. The zero-order valence-electron chi connectivity index (χ0n) is 18.8. The van der Waals surface area contributed by atoms with Gasteiger partial charge in [-0.1, -0.05) is 52.9 Å². The number of hydrogen-bond donors (Lipinski definition) is 3. The van der Waals surface area contributed by atoms with E-state index in [1.807, 2.05) is 0 Å². The highest BCUT2D eigenvalue weighted by Gasteiger charge is 2.49. The van der Waals surface area contributed by atoms with Gasteiger partial charge in [-0.15, -0.1) is 0 Å². The Balaban J connectivity index is 2.03. The van der Waals surface area contributed by atoms with Crippen molar-refractivity contribution in [2.24, 2.45) is 0 Å². The van der Waals surface area contributed by atoms with Crippen LogP contribution in [0.3, 0.4) is 0 Å². The first-order valence-electron chi connectivity index (χ1n) is 10.2. The van der Waals surface area contributed by atoms with E-state index in [1.165, 1.54) is 4.31 Å². The van der Waals surface area contributed by atoms with E-state index in [0.29, 0.717) is 9.99 Å². The van der Waals surface area contributed by atoms with Gasteiger partial charge in [0, 0.05) is 4.43 Å². The molecule has 0 aliphatic carbocycles. The lowest BCUT2D eigenvalue weighted by Crippen LogP contribution is -2.69. The Morgan fingerprint density at radius 3 is 2.41 bits per heavy atom. The van der Waals surface area contributed by atoms with Crippen LogP contribution in [0.4, 0.5) is 4.79 Å². The Morgan fingerprint density at radius 1 is 1.21 bits per heavy atom. The number of β-lactam (4-membered cyclic amide) rings is 1. The molecule has 1 heterocycles. The Bertz CT molecular complexity index is 924. The lowest BCUT2D eigenvalue weighted by atomic mass is 9.99. The van der Waals surface area contributed by atoms with Gasteiger partial charge in [-0.2, -0.15) is 0 Å². The molecule has 1 fully saturated rings. The van der Waals surface area contributed by atoms with Crippen molar-refractivity contribution in [1.82, 2.24) is 14.9 Å². The minimum Gasteiger partial charge on any atom is -0.479 e. The van der Waals surface area contributed by atoms with Gasteiger partial charge in [-0.25, -0.2) is 9.59 Å². The van der Waals surface area contributed by atoms with Gasteiger partial charge in [0.05, 0.1) is 6.04 Å². The number of ether oxygens (including phenoxy) is 2. The van der Waals surface area contributed by atoms with Crippen LogP contribution in [-0.4, -0.2) is 73.7 Å². The van der Waals surface area contributed by atoms with Gasteiger partial charge in [0.15, 0.2) is 6.61 Å². The zero-order valence-corrected chi connectivity index (χ0v) is 21.8. The second-order valence-corrected chi connectivity index (χ2v) is 10.0. The molecule has 1 saturated heterocycles. The number of amides is 3. The minimum atomic E-state index is -1.28. The Morgan fingerprint density at radius 2 is 1.85 bits per heavy atom. The number of rotatable bonds is 10. The molecule has 1 aliphatic rings. The average Bonchev–Trinajstić information content (AvgIpc) is 2.76. The fourth-order valence-electron chi connectivity index (χ4n) is 2.90. The predicted octanol–water partition coefficient (Wildman–Crippen LogP) is 1.66.